The van der Waals surface area contributed by atoms with Crippen molar-refractivity contribution in [1.82, 2.24) is 5.32 Å². The van der Waals surface area contributed by atoms with E-state index in [-0.39, 0.29) is 24.8 Å². The predicted molar refractivity (Wildman–Crippen MR) is 68.5 cm³/mol. The van der Waals surface area contributed by atoms with E-state index >= 15 is 0 Å². The summed E-state index contributed by atoms with van der Waals surface area (Å²) in [5.41, 5.74) is 10.2. The lowest BCUT2D eigenvalue weighted by atomic mass is 10.1. The molecule has 0 radical (unpaired) electrons. The first-order chi connectivity index (χ1) is 8.06. The van der Waals surface area contributed by atoms with Gasteiger partial charge in [-0.15, -0.1) is 0 Å². The molecule has 1 amide bonds. The lowest BCUT2D eigenvalue weighted by Gasteiger charge is -2.11. The highest BCUT2D eigenvalue weighted by atomic mass is 16.3. The van der Waals surface area contributed by atoms with Gasteiger partial charge >= 0.3 is 0 Å². The average molecular weight is 244 g/mol. The zero-order chi connectivity index (χ0) is 13.1. The van der Waals surface area contributed by atoms with Gasteiger partial charge in [-0.05, 0) is 6.42 Å². The molecule has 17 heavy (non-hydrogen) atoms. The van der Waals surface area contributed by atoms with Crippen LogP contribution in [-0.4, -0.2) is 36.2 Å². The molecule has 0 saturated carbocycles. The summed E-state index contributed by atoms with van der Waals surface area (Å²) in [6.07, 6.45) is 3.71. The second kappa shape index (κ2) is 9.89. The number of aliphatic imine (C=N–C) groups is 1. The molecule has 6 N–H and O–H groups in total. The number of hydrogen-bond acceptors (Lipinski definition) is 3. The van der Waals surface area contributed by atoms with Crippen LogP contribution in [0.2, 0.25) is 0 Å². The first kappa shape index (κ1) is 15.7. The topological polar surface area (TPSA) is 114 Å². The lowest BCUT2D eigenvalue weighted by Crippen LogP contribution is -2.32. The summed E-state index contributed by atoms with van der Waals surface area (Å²) in [7, 11) is 0. The molecule has 0 rings (SSSR count). The maximum absolute atomic E-state index is 11.3. The minimum absolute atomic E-state index is 0.0163. The van der Waals surface area contributed by atoms with Gasteiger partial charge in [0.25, 0.3) is 0 Å². The molecule has 0 aromatic carbocycles. The van der Waals surface area contributed by atoms with Crippen LogP contribution in [0.15, 0.2) is 4.99 Å². The fourth-order valence-corrected chi connectivity index (χ4v) is 1.34. The summed E-state index contributed by atoms with van der Waals surface area (Å²) in [6, 6.07) is 0. The van der Waals surface area contributed by atoms with Crippen LogP contribution in [0.4, 0.5) is 0 Å². The van der Waals surface area contributed by atoms with E-state index in [2.05, 4.69) is 17.2 Å². The van der Waals surface area contributed by atoms with Gasteiger partial charge in [0.2, 0.25) is 5.91 Å². The smallest absolute Gasteiger partial charge is 0.221 e. The van der Waals surface area contributed by atoms with Crippen molar-refractivity contribution in [2.24, 2.45) is 16.5 Å². The van der Waals surface area contributed by atoms with Crippen LogP contribution in [0.1, 0.15) is 39.0 Å². The van der Waals surface area contributed by atoms with Crippen LogP contribution in [0.5, 0.6) is 0 Å². The molecule has 0 heterocycles. The van der Waals surface area contributed by atoms with Crippen molar-refractivity contribution in [3.63, 3.8) is 0 Å². The highest BCUT2D eigenvalue weighted by Crippen LogP contribution is 2.02. The number of carbonyl (C=O) groups excluding carboxylic acids is 1. The molecule has 0 aromatic rings. The Hall–Kier alpha value is -1.30. The maximum atomic E-state index is 11.3. The first-order valence-electron chi connectivity index (χ1n) is 6.06. The Morgan fingerprint density at radius 1 is 1.41 bits per heavy atom. The molecule has 0 fully saturated rings. The number of unbranched alkanes of at least 4 members (excludes halogenated alkanes) is 2. The van der Waals surface area contributed by atoms with Gasteiger partial charge in [0.05, 0.1) is 12.6 Å². The number of carbonyl (C=O) groups is 1. The molecule has 0 bridgehead atoms. The SMILES string of the molecule is CCCCCC(O)CNC(=O)CCN=C(N)N. The fraction of sp³-hybridized carbons (Fsp3) is 0.818. The van der Waals surface area contributed by atoms with Crippen LogP contribution < -0.4 is 16.8 Å². The number of nitrogens with one attached hydrogen (secondary N) is 1. The van der Waals surface area contributed by atoms with Crippen LogP contribution in [0.25, 0.3) is 0 Å². The zero-order valence-electron chi connectivity index (χ0n) is 10.5. The monoisotopic (exact) mass is 244 g/mol. The molecule has 6 heteroatoms. The summed E-state index contributed by atoms with van der Waals surface area (Å²) < 4.78 is 0. The van der Waals surface area contributed by atoms with E-state index in [0.29, 0.717) is 6.54 Å². The maximum Gasteiger partial charge on any atom is 0.221 e. The Morgan fingerprint density at radius 2 is 2.12 bits per heavy atom. The third kappa shape index (κ3) is 11.0. The van der Waals surface area contributed by atoms with E-state index in [1.54, 1.807) is 0 Å². The van der Waals surface area contributed by atoms with E-state index in [1.165, 1.54) is 0 Å². The lowest BCUT2D eigenvalue weighted by molar-refractivity contribution is -0.121. The molecule has 1 unspecified atom stereocenters. The number of nitrogens with two attached hydrogens (primary N) is 2. The van der Waals surface area contributed by atoms with E-state index in [9.17, 15) is 9.90 Å². The predicted octanol–water partition coefficient (Wildman–Crippen LogP) is -0.293. The second-order valence-electron chi connectivity index (χ2n) is 4.01. The van der Waals surface area contributed by atoms with Gasteiger partial charge in [0, 0.05) is 13.0 Å². The molecular formula is C11H24N4O2. The summed E-state index contributed by atoms with van der Waals surface area (Å²) in [5.74, 6) is -0.165. The van der Waals surface area contributed by atoms with Gasteiger partial charge < -0.3 is 21.9 Å². The number of guanidine groups is 1. The van der Waals surface area contributed by atoms with Gasteiger partial charge in [-0.2, -0.15) is 0 Å². The van der Waals surface area contributed by atoms with Gasteiger partial charge in [0.1, 0.15) is 0 Å². The van der Waals surface area contributed by atoms with E-state index < -0.39 is 6.10 Å². The standard InChI is InChI=1S/C11H24N4O2/c1-2-3-4-5-9(16)8-15-10(17)6-7-14-11(12)13/h9,16H,2-8H2,1H3,(H,15,17)(H4,12,13,14). The van der Waals surface area contributed by atoms with Crippen molar-refractivity contribution in [3.05, 3.63) is 0 Å². The Morgan fingerprint density at radius 3 is 2.71 bits per heavy atom. The van der Waals surface area contributed by atoms with Crippen molar-refractivity contribution in [2.75, 3.05) is 13.1 Å². The number of amides is 1. The Balaban J connectivity index is 3.52. The molecule has 6 nitrogen and oxygen atoms in total. The third-order valence-corrected chi connectivity index (χ3v) is 2.31. The first-order valence-corrected chi connectivity index (χ1v) is 6.06. The fourth-order valence-electron chi connectivity index (χ4n) is 1.34. The Bertz CT molecular complexity index is 240. The largest absolute Gasteiger partial charge is 0.391 e. The minimum atomic E-state index is -0.464. The molecule has 0 spiro atoms. The van der Waals surface area contributed by atoms with Crippen molar-refractivity contribution in [1.29, 1.82) is 0 Å². The third-order valence-electron chi connectivity index (χ3n) is 2.31. The van der Waals surface area contributed by atoms with Gasteiger partial charge in [0.15, 0.2) is 5.96 Å². The molecule has 1 atom stereocenters. The Labute approximate surface area is 102 Å². The summed E-state index contributed by atoms with van der Waals surface area (Å²) >= 11 is 0. The molecule has 0 aliphatic rings. The van der Waals surface area contributed by atoms with E-state index in [0.717, 1.165) is 25.7 Å². The van der Waals surface area contributed by atoms with Crippen LogP contribution in [0.3, 0.4) is 0 Å². The molecule has 0 aromatic heterocycles. The van der Waals surface area contributed by atoms with Crippen molar-refractivity contribution < 1.29 is 9.90 Å². The average Bonchev–Trinajstić information content (AvgIpc) is 2.26. The molecule has 100 valence electrons. The van der Waals surface area contributed by atoms with Gasteiger partial charge in [-0.3, -0.25) is 9.79 Å². The second-order valence-corrected chi connectivity index (χ2v) is 4.01. The number of hydrogen-bond donors (Lipinski definition) is 4. The van der Waals surface area contributed by atoms with E-state index in [1.807, 2.05) is 0 Å². The summed E-state index contributed by atoms with van der Waals surface area (Å²) in [5, 5.41) is 12.2. The number of nitrogens with zero attached hydrogens (tertiary/aromatic N) is 1. The number of aliphatic hydroxyl groups is 1. The molecular weight excluding hydrogens is 220 g/mol. The minimum Gasteiger partial charge on any atom is -0.391 e. The highest BCUT2D eigenvalue weighted by Gasteiger charge is 2.06. The normalized spacial score (nSPS) is 11.9. The van der Waals surface area contributed by atoms with Crippen LogP contribution in [-0.2, 0) is 4.79 Å². The van der Waals surface area contributed by atoms with E-state index in [4.69, 9.17) is 11.5 Å². The molecule has 0 aliphatic carbocycles. The summed E-state index contributed by atoms with van der Waals surface area (Å²) in [6.45, 7) is 2.68. The Kier molecular flexibility index (Phi) is 9.14. The van der Waals surface area contributed by atoms with Crippen LogP contribution in [0, 0.1) is 0 Å². The number of rotatable bonds is 9. The summed E-state index contributed by atoms with van der Waals surface area (Å²) in [4.78, 5) is 15.0. The van der Waals surface area contributed by atoms with Crippen LogP contribution >= 0.6 is 0 Å². The highest BCUT2D eigenvalue weighted by molar-refractivity contribution is 5.78. The van der Waals surface area contributed by atoms with Gasteiger partial charge in [-0.1, -0.05) is 26.2 Å². The molecule has 0 saturated heterocycles. The van der Waals surface area contributed by atoms with Crippen molar-refractivity contribution >= 4 is 11.9 Å². The van der Waals surface area contributed by atoms with Crippen molar-refractivity contribution in [2.45, 2.75) is 45.1 Å². The zero-order valence-corrected chi connectivity index (χ0v) is 10.5. The number of aliphatic hydroxyl groups excluding tert-OH is 1. The van der Waals surface area contributed by atoms with Crippen molar-refractivity contribution in [3.8, 4) is 0 Å². The van der Waals surface area contributed by atoms with Gasteiger partial charge in [-0.25, -0.2) is 0 Å². The quantitative estimate of drug-likeness (QED) is 0.253. The molecule has 0 aliphatic heterocycles.